The first kappa shape index (κ1) is 38.8. The first-order valence-corrected chi connectivity index (χ1v) is 20.3. The van der Waals surface area contributed by atoms with E-state index in [9.17, 15) is 14.4 Å². The van der Waals surface area contributed by atoms with Crippen LogP contribution in [0.25, 0.3) is 32.9 Å². The van der Waals surface area contributed by atoms with Gasteiger partial charge in [-0.25, -0.2) is 13.8 Å². The maximum atomic E-state index is 15.0. The van der Waals surface area contributed by atoms with Crippen LogP contribution in [0.2, 0.25) is 0 Å². The lowest BCUT2D eigenvalue weighted by molar-refractivity contribution is -0.125. The Bertz CT molecular complexity index is 2440. The van der Waals surface area contributed by atoms with Crippen LogP contribution >= 0.6 is 0 Å². The van der Waals surface area contributed by atoms with Crippen molar-refractivity contribution in [3.05, 3.63) is 96.6 Å². The molecule has 12 nitrogen and oxygen atoms in total. The highest BCUT2D eigenvalue weighted by Gasteiger charge is 2.44. The number of benzene rings is 2. The molecule has 2 aromatic carbocycles. The van der Waals surface area contributed by atoms with Crippen molar-refractivity contribution in [2.75, 3.05) is 26.2 Å². The van der Waals surface area contributed by atoms with Crippen molar-refractivity contribution >= 4 is 39.5 Å². The molecule has 2 saturated heterocycles. The SMILES string of the molecule is C=C1CCC(N2C(=O)c3ccc(OCCCC(F)(F)CN4CCC(OC5CC(Oc6ccc(-c7ccc8c9cnccc9n(C)c8c7)cn6)C5)CC4)cc3C2=O)C(=O)N1. The molecule has 0 bridgehead atoms. The molecule has 306 valence electrons. The monoisotopic (exact) mass is 804 g/mol. The number of carbonyl (C=O) groups excluding carboxylic acids is 3. The van der Waals surface area contributed by atoms with Crippen molar-refractivity contribution in [2.45, 2.75) is 81.6 Å². The summed E-state index contributed by atoms with van der Waals surface area (Å²) in [7, 11) is 2.07. The minimum absolute atomic E-state index is 0.0261. The number of aryl methyl sites for hydroxylation is 1. The maximum absolute atomic E-state index is 15.0. The summed E-state index contributed by atoms with van der Waals surface area (Å²) in [5.41, 5.74) is 5.24. The van der Waals surface area contributed by atoms with Gasteiger partial charge in [0.1, 0.15) is 17.9 Å². The van der Waals surface area contributed by atoms with Crippen molar-refractivity contribution in [2.24, 2.45) is 7.05 Å². The smallest absolute Gasteiger partial charge is 0.262 e. The van der Waals surface area contributed by atoms with E-state index < -0.39 is 29.7 Å². The van der Waals surface area contributed by atoms with E-state index in [4.69, 9.17) is 14.2 Å². The lowest BCUT2D eigenvalue weighted by Gasteiger charge is -2.40. The lowest BCUT2D eigenvalue weighted by atomic mass is 9.91. The van der Waals surface area contributed by atoms with E-state index in [2.05, 4.69) is 51.7 Å². The van der Waals surface area contributed by atoms with Crippen LogP contribution in [0.15, 0.2) is 85.5 Å². The molecule has 3 fully saturated rings. The van der Waals surface area contributed by atoms with Gasteiger partial charge in [0.2, 0.25) is 11.8 Å². The topological polar surface area (TPSA) is 128 Å². The number of alkyl halides is 2. The van der Waals surface area contributed by atoms with E-state index in [1.165, 1.54) is 17.5 Å². The minimum Gasteiger partial charge on any atom is -0.494 e. The van der Waals surface area contributed by atoms with Gasteiger partial charge in [0.15, 0.2) is 0 Å². The summed E-state index contributed by atoms with van der Waals surface area (Å²) in [6.45, 7) is 4.52. The first-order valence-electron chi connectivity index (χ1n) is 20.3. The number of rotatable bonds is 13. The number of piperidine rings is 2. The quantitative estimate of drug-likeness (QED) is 0.0983. The van der Waals surface area contributed by atoms with Crippen molar-refractivity contribution in [3.63, 3.8) is 0 Å². The van der Waals surface area contributed by atoms with Gasteiger partial charge in [0.25, 0.3) is 17.7 Å². The molecule has 1 saturated carbocycles. The van der Waals surface area contributed by atoms with Gasteiger partial charge in [0, 0.05) is 91.6 Å². The Morgan fingerprint density at radius 2 is 1.66 bits per heavy atom. The van der Waals surface area contributed by atoms with Crippen LogP contribution in [0.4, 0.5) is 8.78 Å². The van der Waals surface area contributed by atoms with Crippen LogP contribution in [0, 0.1) is 0 Å². The Morgan fingerprint density at radius 1 is 0.864 bits per heavy atom. The molecule has 3 aliphatic heterocycles. The second-order valence-corrected chi connectivity index (χ2v) is 16.2. The normalized spacial score (nSPS) is 21.5. The number of nitrogens with zero attached hydrogens (tertiary/aromatic N) is 5. The molecule has 3 amide bonds. The largest absolute Gasteiger partial charge is 0.494 e. The van der Waals surface area contributed by atoms with Gasteiger partial charge in [0.05, 0.1) is 42.0 Å². The number of halogens is 2. The number of nitrogens with one attached hydrogen (secondary N) is 1. The zero-order valence-corrected chi connectivity index (χ0v) is 32.9. The molecule has 14 heteroatoms. The number of imide groups is 1. The van der Waals surface area contributed by atoms with E-state index in [-0.39, 0.29) is 55.4 Å². The van der Waals surface area contributed by atoms with Gasteiger partial charge in [-0.05, 0) is 74.1 Å². The third kappa shape index (κ3) is 7.90. The number of ether oxygens (including phenoxy) is 3. The zero-order chi connectivity index (χ0) is 40.8. The maximum Gasteiger partial charge on any atom is 0.262 e. The number of hydrogen-bond donors (Lipinski definition) is 1. The molecular formula is C45H46F2N6O6. The number of amides is 3. The number of pyridine rings is 2. The summed E-state index contributed by atoms with van der Waals surface area (Å²) >= 11 is 0. The average Bonchev–Trinajstić information content (AvgIpc) is 3.64. The van der Waals surface area contributed by atoms with Gasteiger partial charge >= 0.3 is 0 Å². The highest BCUT2D eigenvalue weighted by Crippen LogP contribution is 2.35. The molecule has 4 aliphatic rings. The predicted octanol–water partition coefficient (Wildman–Crippen LogP) is 7.06. The Balaban J connectivity index is 0.673. The fourth-order valence-corrected chi connectivity index (χ4v) is 8.77. The predicted molar refractivity (Wildman–Crippen MR) is 216 cm³/mol. The summed E-state index contributed by atoms with van der Waals surface area (Å²) in [5, 5.41) is 4.91. The van der Waals surface area contributed by atoms with E-state index >= 15 is 8.78 Å². The molecule has 9 rings (SSSR count). The number of likely N-dealkylation sites (tertiary alicyclic amines) is 1. The van der Waals surface area contributed by atoms with Crippen molar-refractivity contribution in [1.82, 2.24) is 29.7 Å². The van der Waals surface area contributed by atoms with Crippen LogP contribution in [0.3, 0.4) is 0 Å². The standard InChI is InChI=1S/C45H46F2N6O6/c1-27-4-10-39(42(54)50-27)53-43(55)35-9-7-31(23-36(35)44(53)56)57-19-3-15-45(46,47)26-52-17-13-30(14-18-52)58-32-21-33(22-32)59-41-11-6-29(24-49-41)28-5-8-34-37-25-48-16-12-38(37)51(2)40(34)20-28/h5-9,11-12,16,20,23-25,30,32-33,39H,1,3-4,10,13-15,17-19,21-22,26H2,2H3,(H,50,54). The second kappa shape index (κ2) is 15.8. The molecule has 0 radical (unpaired) electrons. The molecule has 59 heavy (non-hydrogen) atoms. The molecule has 0 spiro atoms. The second-order valence-electron chi connectivity index (χ2n) is 16.2. The summed E-state index contributed by atoms with van der Waals surface area (Å²) in [4.78, 5) is 50.2. The molecule has 1 aliphatic carbocycles. The molecule has 1 N–H and O–H groups in total. The fraction of sp³-hybridized carbons (Fsp3) is 0.400. The van der Waals surface area contributed by atoms with E-state index in [0.29, 0.717) is 56.1 Å². The third-order valence-electron chi connectivity index (χ3n) is 12.1. The Labute approximate surface area is 340 Å². The number of fused-ring (bicyclic) bond motifs is 4. The van der Waals surface area contributed by atoms with Crippen molar-refractivity contribution < 1.29 is 37.4 Å². The van der Waals surface area contributed by atoms with E-state index in [0.717, 1.165) is 45.3 Å². The van der Waals surface area contributed by atoms with E-state index in [1.54, 1.807) is 11.0 Å². The van der Waals surface area contributed by atoms with E-state index in [1.807, 2.05) is 36.8 Å². The number of allylic oxidation sites excluding steroid dienone is 1. The van der Waals surface area contributed by atoms with Gasteiger partial charge in [-0.3, -0.25) is 29.2 Å². The number of aromatic nitrogens is 3. The van der Waals surface area contributed by atoms with Gasteiger partial charge in [-0.2, -0.15) is 0 Å². The van der Waals surface area contributed by atoms with Gasteiger partial charge in [-0.1, -0.05) is 18.7 Å². The van der Waals surface area contributed by atoms with Crippen molar-refractivity contribution in [1.29, 1.82) is 0 Å². The highest BCUT2D eigenvalue weighted by atomic mass is 19.3. The van der Waals surface area contributed by atoms with Gasteiger partial charge in [-0.15, -0.1) is 0 Å². The summed E-state index contributed by atoms with van der Waals surface area (Å²) in [6.07, 6.45) is 9.18. The van der Waals surface area contributed by atoms with Crippen LogP contribution in [0.5, 0.6) is 11.6 Å². The fourth-order valence-electron chi connectivity index (χ4n) is 8.77. The summed E-state index contributed by atoms with van der Waals surface area (Å²) in [5.74, 6) is -3.56. The third-order valence-corrected chi connectivity index (χ3v) is 12.1. The zero-order valence-electron chi connectivity index (χ0n) is 32.9. The molecule has 1 atom stereocenters. The van der Waals surface area contributed by atoms with Crippen LogP contribution in [0.1, 0.15) is 72.1 Å². The summed E-state index contributed by atoms with van der Waals surface area (Å²) < 4.78 is 50.4. The number of hydrogen-bond acceptors (Lipinski definition) is 9. The first-order chi connectivity index (χ1) is 28.5. The Morgan fingerprint density at radius 3 is 2.44 bits per heavy atom. The summed E-state index contributed by atoms with van der Waals surface area (Å²) in [6, 6.07) is 15.9. The van der Waals surface area contributed by atoms with Crippen LogP contribution < -0.4 is 14.8 Å². The lowest BCUT2D eigenvalue weighted by Crippen LogP contribution is -2.51. The molecule has 6 heterocycles. The Hall–Kier alpha value is -5.73. The average molecular weight is 805 g/mol. The molecule has 3 aromatic heterocycles. The Kier molecular flexibility index (Phi) is 10.4. The highest BCUT2D eigenvalue weighted by molar-refractivity contribution is 6.23. The molecular weight excluding hydrogens is 759 g/mol. The van der Waals surface area contributed by atoms with Crippen LogP contribution in [-0.4, -0.2) is 98.6 Å². The molecule has 1 unspecified atom stereocenters. The van der Waals surface area contributed by atoms with Crippen molar-refractivity contribution in [3.8, 4) is 22.8 Å². The minimum atomic E-state index is -2.89. The van der Waals surface area contributed by atoms with Gasteiger partial charge < -0.3 is 24.1 Å². The van der Waals surface area contributed by atoms with Crippen LogP contribution in [-0.2, 0) is 16.6 Å². The molecule has 5 aromatic rings. The number of carbonyl (C=O) groups is 3.